The van der Waals surface area contributed by atoms with Crippen molar-refractivity contribution in [2.24, 2.45) is 17.8 Å². The number of rotatable bonds is 5. The summed E-state index contributed by atoms with van der Waals surface area (Å²) in [4.78, 5) is 15.4. The number of hydrogen-bond acceptors (Lipinski definition) is 5. The maximum Gasteiger partial charge on any atom is 0.164 e. The van der Waals surface area contributed by atoms with Gasteiger partial charge in [0.05, 0.1) is 11.6 Å². The Morgan fingerprint density at radius 3 is 1.85 bits per heavy atom. The van der Waals surface area contributed by atoms with Gasteiger partial charge in [-0.05, 0) is 95.5 Å². The van der Waals surface area contributed by atoms with Crippen molar-refractivity contribution in [1.82, 2.24) is 15.0 Å². The first-order valence-corrected chi connectivity index (χ1v) is 20.1. The van der Waals surface area contributed by atoms with E-state index in [0.717, 1.165) is 56.3 Å². The lowest BCUT2D eigenvalue weighted by Gasteiger charge is -2.50. The first-order valence-electron chi connectivity index (χ1n) is 19.2. The van der Waals surface area contributed by atoms with Crippen LogP contribution in [-0.2, 0) is 5.41 Å². The second-order valence-corrected chi connectivity index (χ2v) is 17.1. The molecule has 2 aromatic heterocycles. The SMILES string of the molecule is C[C@@H]1CC2C[C@H](C)CC(c3ccc(-c4nc(-c5ccc(-c6cccc7c(C#N)cccc67)cc5)nc(-c5ccc6c(c5)sc5ccccc56)n4)cc3)(C2)C1. The van der Waals surface area contributed by atoms with Crippen molar-refractivity contribution >= 4 is 42.3 Å². The summed E-state index contributed by atoms with van der Waals surface area (Å²) in [7, 11) is 0. The minimum absolute atomic E-state index is 0.273. The van der Waals surface area contributed by atoms with Crippen molar-refractivity contribution in [3.63, 3.8) is 0 Å². The van der Waals surface area contributed by atoms with E-state index in [9.17, 15) is 5.26 Å². The average Bonchev–Trinajstić information content (AvgIpc) is 3.58. The van der Waals surface area contributed by atoms with E-state index in [-0.39, 0.29) is 5.41 Å². The zero-order valence-electron chi connectivity index (χ0n) is 30.6. The zero-order chi connectivity index (χ0) is 36.4. The van der Waals surface area contributed by atoms with E-state index in [1.54, 1.807) is 11.3 Å². The molecule has 10 rings (SSSR count). The summed E-state index contributed by atoms with van der Waals surface area (Å²) >= 11 is 1.81. The highest BCUT2D eigenvalue weighted by Gasteiger charge is 2.45. The van der Waals surface area contributed by atoms with Gasteiger partial charge < -0.3 is 0 Å². The number of aromatic nitrogens is 3. The molecule has 0 N–H and O–H groups in total. The van der Waals surface area contributed by atoms with E-state index in [1.165, 1.54) is 57.8 Å². The Morgan fingerprint density at radius 2 is 1.13 bits per heavy atom. The van der Waals surface area contributed by atoms with Gasteiger partial charge in [-0.1, -0.05) is 123 Å². The van der Waals surface area contributed by atoms with Crippen LogP contribution in [0, 0.1) is 29.1 Å². The normalized spacial score (nSPS) is 21.0. The van der Waals surface area contributed by atoms with Crippen LogP contribution in [0.15, 0.2) is 127 Å². The van der Waals surface area contributed by atoms with Crippen LogP contribution in [0.2, 0.25) is 0 Å². The van der Waals surface area contributed by atoms with E-state index in [2.05, 4.69) is 123 Å². The fraction of sp³-hybridized carbons (Fsp3) is 0.224. The average molecular weight is 717 g/mol. The third kappa shape index (κ3) is 5.68. The van der Waals surface area contributed by atoms with Gasteiger partial charge in [0.25, 0.3) is 0 Å². The summed E-state index contributed by atoms with van der Waals surface area (Å²) in [5, 5.41) is 14.3. The van der Waals surface area contributed by atoms with Crippen molar-refractivity contribution in [2.45, 2.75) is 51.4 Å². The molecule has 2 unspecified atom stereocenters. The van der Waals surface area contributed by atoms with E-state index in [4.69, 9.17) is 15.0 Å². The van der Waals surface area contributed by atoms with Crippen LogP contribution < -0.4 is 0 Å². The van der Waals surface area contributed by atoms with Gasteiger partial charge in [-0.25, -0.2) is 15.0 Å². The van der Waals surface area contributed by atoms with Gasteiger partial charge in [-0.2, -0.15) is 5.26 Å². The molecular formula is C49H40N4S. The second-order valence-electron chi connectivity index (χ2n) is 16.0. The molecule has 4 nitrogen and oxygen atoms in total. The van der Waals surface area contributed by atoms with Crippen LogP contribution in [0.1, 0.15) is 57.1 Å². The number of fused-ring (bicyclic) bond motifs is 6. The molecule has 2 fully saturated rings. The fourth-order valence-electron chi connectivity index (χ4n) is 10.1. The van der Waals surface area contributed by atoms with Gasteiger partial charge in [0.2, 0.25) is 0 Å². The highest BCUT2D eigenvalue weighted by Crippen LogP contribution is 2.54. The molecule has 6 aromatic carbocycles. The molecule has 2 saturated carbocycles. The van der Waals surface area contributed by atoms with Gasteiger partial charge in [-0.3, -0.25) is 0 Å². The molecule has 0 spiro atoms. The predicted octanol–water partition coefficient (Wildman–Crippen LogP) is 13.0. The summed E-state index contributed by atoms with van der Waals surface area (Å²) in [5.74, 6) is 4.38. The molecular weight excluding hydrogens is 677 g/mol. The highest BCUT2D eigenvalue weighted by atomic mass is 32.1. The maximum absolute atomic E-state index is 9.71. The number of nitrogens with zero attached hydrogens (tertiary/aromatic N) is 4. The largest absolute Gasteiger partial charge is 0.208 e. The molecule has 8 aromatic rings. The standard InChI is InChI=1S/C49H40N4S/c1-30-23-32-24-31(2)27-49(26-30,28-32)38-20-17-35(18-21-38)47-51-46(52-48(53-47)36-19-22-43-42-8-3-4-12-44(42)54-45(43)25-36)34-15-13-33(14-16-34)39-9-6-10-40-37(29-50)7-5-11-41(39)40/h3-22,25,30-32H,23-24,26-28H2,1-2H3/t30-,31+,32?,49?. The molecule has 2 heterocycles. The summed E-state index contributed by atoms with van der Waals surface area (Å²) in [6.07, 6.45) is 6.62. The number of hydrogen-bond donors (Lipinski definition) is 0. The lowest BCUT2D eigenvalue weighted by atomic mass is 9.54. The van der Waals surface area contributed by atoms with Gasteiger partial charge in [-0.15, -0.1) is 11.3 Å². The Hall–Kier alpha value is -5.70. The lowest BCUT2D eigenvalue weighted by molar-refractivity contribution is 0.0780. The monoisotopic (exact) mass is 716 g/mol. The molecule has 54 heavy (non-hydrogen) atoms. The van der Waals surface area contributed by atoms with Crippen LogP contribution >= 0.6 is 11.3 Å². The fourth-order valence-corrected chi connectivity index (χ4v) is 11.3. The molecule has 0 radical (unpaired) electrons. The zero-order valence-corrected chi connectivity index (χ0v) is 31.4. The van der Waals surface area contributed by atoms with Crippen molar-refractivity contribution in [1.29, 1.82) is 5.26 Å². The summed E-state index contributed by atoms with van der Waals surface area (Å²) < 4.78 is 2.50. The quantitative estimate of drug-likeness (QED) is 0.178. The Balaban J connectivity index is 1.06. The Labute approximate surface area is 320 Å². The summed E-state index contributed by atoms with van der Waals surface area (Å²) in [6.45, 7) is 4.91. The van der Waals surface area contributed by atoms with Crippen molar-refractivity contribution in [2.75, 3.05) is 0 Å². The van der Waals surface area contributed by atoms with Crippen molar-refractivity contribution in [3.05, 3.63) is 139 Å². The van der Waals surface area contributed by atoms with E-state index < -0.39 is 0 Å². The summed E-state index contributed by atoms with van der Waals surface area (Å²) in [6, 6.07) is 47.3. The topological polar surface area (TPSA) is 62.5 Å². The Morgan fingerprint density at radius 1 is 0.556 bits per heavy atom. The first-order chi connectivity index (χ1) is 26.4. The van der Waals surface area contributed by atoms with Crippen LogP contribution in [0.5, 0.6) is 0 Å². The van der Waals surface area contributed by atoms with Crippen LogP contribution in [0.4, 0.5) is 0 Å². The number of thiophene rings is 1. The molecule has 262 valence electrons. The van der Waals surface area contributed by atoms with Crippen LogP contribution in [0.25, 0.3) is 76.2 Å². The van der Waals surface area contributed by atoms with E-state index in [0.29, 0.717) is 23.0 Å². The van der Waals surface area contributed by atoms with Gasteiger partial charge in [0.15, 0.2) is 17.5 Å². The molecule has 2 aliphatic carbocycles. The van der Waals surface area contributed by atoms with Gasteiger partial charge in [0, 0.05) is 42.2 Å². The summed E-state index contributed by atoms with van der Waals surface area (Å²) in [5.41, 5.74) is 7.52. The highest BCUT2D eigenvalue weighted by molar-refractivity contribution is 7.25. The molecule has 4 atom stereocenters. The number of benzene rings is 6. The van der Waals surface area contributed by atoms with Crippen molar-refractivity contribution < 1.29 is 0 Å². The van der Waals surface area contributed by atoms with Gasteiger partial charge >= 0.3 is 0 Å². The van der Waals surface area contributed by atoms with Crippen molar-refractivity contribution in [3.8, 4) is 51.4 Å². The second kappa shape index (κ2) is 13.0. The first kappa shape index (κ1) is 32.9. The molecule has 5 heteroatoms. The number of nitriles is 1. The maximum atomic E-state index is 9.71. The molecule has 2 bridgehead atoms. The minimum atomic E-state index is 0.273. The third-order valence-electron chi connectivity index (χ3n) is 12.2. The van der Waals surface area contributed by atoms with Crippen LogP contribution in [0.3, 0.4) is 0 Å². The van der Waals surface area contributed by atoms with E-state index >= 15 is 0 Å². The van der Waals surface area contributed by atoms with Crippen LogP contribution in [-0.4, -0.2) is 15.0 Å². The Kier molecular flexibility index (Phi) is 7.93. The van der Waals surface area contributed by atoms with Gasteiger partial charge in [0.1, 0.15) is 0 Å². The molecule has 0 amide bonds. The third-order valence-corrected chi connectivity index (χ3v) is 13.3. The predicted molar refractivity (Wildman–Crippen MR) is 223 cm³/mol. The smallest absolute Gasteiger partial charge is 0.164 e. The molecule has 0 aliphatic heterocycles. The van der Waals surface area contributed by atoms with E-state index in [1.807, 2.05) is 24.3 Å². The lowest BCUT2D eigenvalue weighted by Crippen LogP contribution is -2.42. The Bertz CT molecular complexity index is 2740. The molecule has 2 aliphatic rings. The molecule has 0 saturated heterocycles. The minimum Gasteiger partial charge on any atom is -0.208 e.